The number of carbonyl (C=O) groups excluding carboxylic acids is 1. The molecule has 3 aromatic rings. The highest BCUT2D eigenvalue weighted by molar-refractivity contribution is 5.90. The minimum absolute atomic E-state index is 0.183. The van der Waals surface area contributed by atoms with E-state index in [1.165, 1.54) is 11.0 Å². The SMILES string of the molecule is CN(Cc1cc(=O)[nH]c2ccccc12)C(=O)Nc1ccc2c(c1)OCO2. The number of aromatic amines is 1. The van der Waals surface area contributed by atoms with Crippen molar-refractivity contribution in [3.05, 3.63) is 64.4 Å². The van der Waals surface area contributed by atoms with Crippen LogP contribution in [0.3, 0.4) is 0 Å². The summed E-state index contributed by atoms with van der Waals surface area (Å²) in [6.45, 7) is 0.489. The van der Waals surface area contributed by atoms with E-state index in [9.17, 15) is 9.59 Å². The van der Waals surface area contributed by atoms with Crippen LogP contribution >= 0.6 is 0 Å². The van der Waals surface area contributed by atoms with E-state index in [-0.39, 0.29) is 18.4 Å². The number of urea groups is 1. The number of pyridine rings is 1. The molecule has 0 fully saturated rings. The zero-order valence-electron chi connectivity index (χ0n) is 14.1. The molecule has 0 saturated heterocycles. The van der Waals surface area contributed by atoms with Crippen molar-refractivity contribution in [1.29, 1.82) is 0 Å². The first-order valence-corrected chi connectivity index (χ1v) is 8.13. The lowest BCUT2D eigenvalue weighted by molar-refractivity contribution is 0.174. The minimum Gasteiger partial charge on any atom is -0.454 e. The van der Waals surface area contributed by atoms with Gasteiger partial charge in [0.2, 0.25) is 12.4 Å². The van der Waals surface area contributed by atoms with Crippen LogP contribution < -0.4 is 20.3 Å². The Bertz CT molecular complexity index is 1040. The summed E-state index contributed by atoms with van der Waals surface area (Å²) in [5, 5.41) is 3.73. The second-order valence-electron chi connectivity index (χ2n) is 6.06. The largest absolute Gasteiger partial charge is 0.454 e. The van der Waals surface area contributed by atoms with Crippen LogP contribution in [0.2, 0.25) is 0 Å². The van der Waals surface area contributed by atoms with Gasteiger partial charge in [0.25, 0.3) is 0 Å². The highest BCUT2D eigenvalue weighted by atomic mass is 16.7. The van der Waals surface area contributed by atoms with E-state index < -0.39 is 0 Å². The fraction of sp³-hybridized carbons (Fsp3) is 0.158. The summed E-state index contributed by atoms with van der Waals surface area (Å²) in [6, 6.07) is 14.0. The number of rotatable bonds is 3. The molecular weight excluding hydrogens is 334 g/mol. The number of anilines is 1. The first kappa shape index (κ1) is 16.0. The summed E-state index contributed by atoms with van der Waals surface area (Å²) < 4.78 is 10.6. The maximum absolute atomic E-state index is 12.5. The molecule has 0 bridgehead atoms. The van der Waals surface area contributed by atoms with Crippen LogP contribution in [0.25, 0.3) is 10.9 Å². The maximum atomic E-state index is 12.5. The molecule has 7 heteroatoms. The van der Waals surface area contributed by atoms with Crippen LogP contribution in [0.1, 0.15) is 5.56 Å². The third-order valence-corrected chi connectivity index (χ3v) is 4.21. The Morgan fingerprint density at radius 2 is 1.96 bits per heavy atom. The molecule has 0 atom stereocenters. The van der Waals surface area contributed by atoms with Crippen LogP contribution in [0.4, 0.5) is 10.5 Å². The lowest BCUT2D eigenvalue weighted by Gasteiger charge is -2.19. The van der Waals surface area contributed by atoms with Gasteiger partial charge in [0.05, 0.1) is 0 Å². The van der Waals surface area contributed by atoms with E-state index in [0.717, 1.165) is 16.5 Å². The van der Waals surface area contributed by atoms with Crippen molar-refractivity contribution >= 4 is 22.6 Å². The molecule has 0 radical (unpaired) electrons. The van der Waals surface area contributed by atoms with Gasteiger partial charge in [-0.25, -0.2) is 4.79 Å². The number of carbonyl (C=O) groups is 1. The number of fused-ring (bicyclic) bond motifs is 2. The average Bonchev–Trinajstić information content (AvgIpc) is 3.09. The molecule has 2 aromatic carbocycles. The van der Waals surface area contributed by atoms with Crippen LogP contribution in [0, 0.1) is 0 Å². The molecule has 7 nitrogen and oxygen atoms in total. The zero-order chi connectivity index (χ0) is 18.1. The molecule has 1 aromatic heterocycles. The number of H-pyrrole nitrogens is 1. The number of hydrogen-bond donors (Lipinski definition) is 2. The molecule has 1 aliphatic rings. The normalized spacial score (nSPS) is 12.2. The van der Waals surface area contributed by atoms with Crippen LogP contribution in [-0.4, -0.2) is 29.8 Å². The Morgan fingerprint density at radius 3 is 2.85 bits per heavy atom. The molecule has 4 rings (SSSR count). The van der Waals surface area contributed by atoms with Gasteiger partial charge in [-0.2, -0.15) is 0 Å². The Labute approximate surface area is 149 Å². The van der Waals surface area contributed by atoms with Gasteiger partial charge in [0.15, 0.2) is 11.5 Å². The van der Waals surface area contributed by atoms with Gasteiger partial charge in [0.1, 0.15) is 0 Å². The van der Waals surface area contributed by atoms with Gasteiger partial charge in [0, 0.05) is 42.3 Å². The first-order valence-electron chi connectivity index (χ1n) is 8.13. The van der Waals surface area contributed by atoms with Gasteiger partial charge in [-0.15, -0.1) is 0 Å². The maximum Gasteiger partial charge on any atom is 0.321 e. The summed E-state index contributed by atoms with van der Waals surface area (Å²) in [7, 11) is 1.68. The van der Waals surface area contributed by atoms with Crippen molar-refractivity contribution in [2.75, 3.05) is 19.2 Å². The van der Waals surface area contributed by atoms with Gasteiger partial charge in [-0.1, -0.05) is 18.2 Å². The summed E-state index contributed by atoms with van der Waals surface area (Å²) in [4.78, 5) is 28.7. The fourth-order valence-electron chi connectivity index (χ4n) is 2.93. The molecular formula is C19H17N3O4. The highest BCUT2D eigenvalue weighted by Crippen LogP contribution is 2.34. The molecule has 2 N–H and O–H groups in total. The number of nitrogens with one attached hydrogen (secondary N) is 2. The van der Waals surface area contributed by atoms with E-state index in [4.69, 9.17) is 9.47 Å². The summed E-state index contributed by atoms with van der Waals surface area (Å²) in [5.41, 5.74) is 1.96. The predicted molar refractivity (Wildman–Crippen MR) is 97.6 cm³/mol. The number of ether oxygens (including phenoxy) is 2. The predicted octanol–water partition coefficient (Wildman–Crippen LogP) is 2.92. The van der Waals surface area contributed by atoms with Crippen LogP contribution in [0.15, 0.2) is 53.3 Å². The summed E-state index contributed by atoms with van der Waals surface area (Å²) >= 11 is 0. The molecule has 2 amide bonds. The molecule has 26 heavy (non-hydrogen) atoms. The molecule has 0 unspecified atom stereocenters. The van der Waals surface area contributed by atoms with E-state index in [0.29, 0.717) is 23.7 Å². The Morgan fingerprint density at radius 1 is 1.15 bits per heavy atom. The molecule has 2 heterocycles. The first-order chi connectivity index (χ1) is 12.6. The highest BCUT2D eigenvalue weighted by Gasteiger charge is 2.16. The van der Waals surface area contributed by atoms with Gasteiger partial charge >= 0.3 is 6.03 Å². The van der Waals surface area contributed by atoms with Gasteiger partial charge in [-0.05, 0) is 23.8 Å². The molecule has 0 aliphatic carbocycles. The van der Waals surface area contributed by atoms with Crippen molar-refractivity contribution in [3.8, 4) is 11.5 Å². The molecule has 0 spiro atoms. The second kappa shape index (κ2) is 6.44. The molecule has 132 valence electrons. The van der Waals surface area contributed by atoms with Crippen molar-refractivity contribution in [3.63, 3.8) is 0 Å². The molecule has 0 saturated carbocycles. The lowest BCUT2D eigenvalue weighted by Crippen LogP contribution is -2.31. The average molecular weight is 351 g/mol. The Hall–Kier alpha value is -3.48. The number of hydrogen-bond acceptors (Lipinski definition) is 4. The monoisotopic (exact) mass is 351 g/mol. The topological polar surface area (TPSA) is 83.7 Å². The third-order valence-electron chi connectivity index (χ3n) is 4.21. The number of nitrogens with zero attached hydrogens (tertiary/aromatic N) is 1. The van der Waals surface area contributed by atoms with Gasteiger partial charge in [-0.3, -0.25) is 4.79 Å². The van der Waals surface area contributed by atoms with E-state index in [1.807, 2.05) is 24.3 Å². The van der Waals surface area contributed by atoms with Crippen molar-refractivity contribution in [2.45, 2.75) is 6.54 Å². The van der Waals surface area contributed by atoms with Crippen molar-refractivity contribution in [2.24, 2.45) is 0 Å². The van der Waals surface area contributed by atoms with Crippen molar-refractivity contribution < 1.29 is 14.3 Å². The van der Waals surface area contributed by atoms with E-state index in [1.54, 1.807) is 25.2 Å². The smallest absolute Gasteiger partial charge is 0.321 e. The summed E-state index contributed by atoms with van der Waals surface area (Å²) in [5.74, 6) is 1.26. The van der Waals surface area contributed by atoms with Crippen LogP contribution in [-0.2, 0) is 6.54 Å². The van der Waals surface area contributed by atoms with Gasteiger partial charge < -0.3 is 24.7 Å². The quantitative estimate of drug-likeness (QED) is 0.760. The fourth-order valence-corrected chi connectivity index (χ4v) is 2.93. The minimum atomic E-state index is -0.284. The standard InChI is InChI=1S/C19H17N3O4/c1-22(10-12-8-18(23)21-15-5-3-2-4-14(12)15)19(24)20-13-6-7-16-17(9-13)26-11-25-16/h2-9H,10-11H2,1H3,(H,20,24)(H,21,23). The van der Waals surface area contributed by atoms with E-state index in [2.05, 4.69) is 10.3 Å². The zero-order valence-corrected chi connectivity index (χ0v) is 14.1. The number of aromatic nitrogens is 1. The number of para-hydroxylation sites is 1. The van der Waals surface area contributed by atoms with Crippen molar-refractivity contribution in [1.82, 2.24) is 9.88 Å². The number of benzene rings is 2. The Balaban J connectivity index is 1.52. The lowest BCUT2D eigenvalue weighted by atomic mass is 10.1. The third kappa shape index (κ3) is 3.06. The number of amides is 2. The van der Waals surface area contributed by atoms with E-state index >= 15 is 0 Å². The summed E-state index contributed by atoms with van der Waals surface area (Å²) in [6.07, 6.45) is 0. The second-order valence-corrected chi connectivity index (χ2v) is 6.06. The van der Waals surface area contributed by atoms with Crippen LogP contribution in [0.5, 0.6) is 11.5 Å². The Kier molecular flexibility index (Phi) is 3.96. The molecule has 1 aliphatic heterocycles.